The van der Waals surface area contributed by atoms with E-state index in [0.717, 1.165) is 22.5 Å². The van der Waals surface area contributed by atoms with Crippen LogP contribution in [0.1, 0.15) is 22.9 Å². The number of anilines is 2. The Morgan fingerprint density at radius 2 is 2.06 bits per heavy atom. The Bertz CT molecular complexity index is 964. The van der Waals surface area contributed by atoms with Gasteiger partial charge in [-0.3, -0.25) is 14.9 Å². The van der Waals surface area contributed by atoms with Crippen LogP contribution in [0.2, 0.25) is 0 Å². The first kappa shape index (κ1) is 22.8. The number of hydrogen-bond donors (Lipinski definition) is 3. The molecule has 0 saturated heterocycles. The summed E-state index contributed by atoms with van der Waals surface area (Å²) in [7, 11) is 4.90. The topological polar surface area (TPSA) is 105 Å². The summed E-state index contributed by atoms with van der Waals surface area (Å²) in [6, 6.07) is 7.16. The number of aliphatic carboxylic acids is 1. The Morgan fingerprint density at radius 1 is 1.29 bits per heavy atom. The average Bonchev–Trinajstić information content (AvgIpc) is 3.10. The number of pyridine rings is 1. The number of carboxylic acid groups (broad SMARTS) is 1. The molecule has 0 saturated carbocycles. The molecule has 0 spiro atoms. The summed E-state index contributed by atoms with van der Waals surface area (Å²) in [5.74, 6) is -0.947. The monoisotopic (exact) mass is 430 g/mol. The summed E-state index contributed by atoms with van der Waals surface area (Å²) >= 11 is 0. The van der Waals surface area contributed by atoms with Crippen LogP contribution in [-0.4, -0.2) is 55.7 Å². The lowest BCUT2D eigenvalue weighted by Gasteiger charge is -2.27. The van der Waals surface area contributed by atoms with E-state index in [1.54, 1.807) is 18.7 Å². The molecule has 1 aliphatic heterocycles. The maximum absolute atomic E-state index is 12.1. The number of carbonyl (C=O) groups is 1. The summed E-state index contributed by atoms with van der Waals surface area (Å²) in [6.45, 7) is 3.54. The Kier molecular flexibility index (Phi) is 7.32. The van der Waals surface area contributed by atoms with Gasteiger partial charge >= 0.3 is 5.97 Å². The highest BCUT2D eigenvalue weighted by atomic mass is 16.5. The number of fused-ring (bicyclic) bond motifs is 1. The molecule has 0 bridgehead atoms. The molecule has 168 valence electrons. The highest BCUT2D eigenvalue weighted by Crippen LogP contribution is 2.41. The van der Waals surface area contributed by atoms with Crippen LogP contribution in [-0.2, 0) is 27.9 Å². The van der Waals surface area contributed by atoms with Crippen LogP contribution in [0.15, 0.2) is 35.3 Å². The van der Waals surface area contributed by atoms with Crippen LogP contribution >= 0.6 is 0 Å². The third-order valence-electron chi connectivity index (χ3n) is 5.39. The highest BCUT2D eigenvalue weighted by Gasteiger charge is 2.30. The second-order valence-corrected chi connectivity index (χ2v) is 7.68. The zero-order chi connectivity index (χ0) is 22.5. The Hall–Kier alpha value is -2.88. The van der Waals surface area contributed by atoms with E-state index in [1.807, 2.05) is 37.4 Å². The zero-order valence-corrected chi connectivity index (χ0v) is 18.3. The molecule has 0 aliphatic carbocycles. The van der Waals surface area contributed by atoms with Gasteiger partial charge in [-0.1, -0.05) is 6.07 Å². The number of nitrogens with one attached hydrogen (secondary N) is 2. The van der Waals surface area contributed by atoms with E-state index in [-0.39, 0.29) is 18.3 Å². The summed E-state index contributed by atoms with van der Waals surface area (Å²) in [5, 5.41) is 15.8. The van der Waals surface area contributed by atoms with Gasteiger partial charge < -0.3 is 29.4 Å². The molecule has 1 aliphatic rings. The van der Waals surface area contributed by atoms with Crippen molar-refractivity contribution in [3.05, 3.63) is 57.5 Å². The highest BCUT2D eigenvalue weighted by molar-refractivity contribution is 5.77. The fraction of sp³-hybridized carbons (Fsp3) is 0.455. The van der Waals surface area contributed by atoms with E-state index < -0.39 is 12.0 Å². The van der Waals surface area contributed by atoms with Gasteiger partial charge in [-0.15, -0.1) is 0 Å². The first-order valence-electron chi connectivity index (χ1n) is 10.1. The number of aryl methyl sites for hydroxylation is 2. The van der Waals surface area contributed by atoms with Gasteiger partial charge in [0.15, 0.2) is 0 Å². The lowest BCUT2D eigenvalue weighted by Crippen LogP contribution is -2.39. The quantitative estimate of drug-likeness (QED) is 0.520. The van der Waals surface area contributed by atoms with Crippen molar-refractivity contribution in [1.82, 2.24) is 9.88 Å². The molecule has 3 N–H and O–H groups in total. The molecule has 2 atom stereocenters. The largest absolute Gasteiger partial charge is 0.480 e. The molecule has 0 amide bonds. The maximum atomic E-state index is 12.1. The molecule has 1 aromatic carbocycles. The molecule has 0 fully saturated rings. The first-order chi connectivity index (χ1) is 14.8. The number of benzene rings is 1. The molecule has 0 radical (unpaired) electrons. The van der Waals surface area contributed by atoms with Gasteiger partial charge in [0.25, 0.3) is 5.56 Å². The van der Waals surface area contributed by atoms with E-state index >= 15 is 0 Å². The number of ether oxygens (including phenoxy) is 2. The fourth-order valence-corrected chi connectivity index (χ4v) is 3.81. The van der Waals surface area contributed by atoms with E-state index in [1.165, 1.54) is 7.11 Å². The van der Waals surface area contributed by atoms with Crippen molar-refractivity contribution >= 4 is 17.3 Å². The van der Waals surface area contributed by atoms with Gasteiger partial charge in [-0.05, 0) is 30.7 Å². The molecule has 9 nitrogen and oxygen atoms in total. The summed E-state index contributed by atoms with van der Waals surface area (Å²) in [4.78, 5) is 25.7. The Morgan fingerprint density at radius 3 is 2.71 bits per heavy atom. The van der Waals surface area contributed by atoms with Gasteiger partial charge in [0.05, 0.1) is 24.6 Å². The number of methoxy groups -OCH3 is 2. The molecule has 3 rings (SSSR count). The molecule has 1 aromatic heterocycles. The molecule has 2 aromatic rings. The van der Waals surface area contributed by atoms with Crippen LogP contribution in [0, 0.1) is 6.92 Å². The first-order valence-corrected chi connectivity index (χ1v) is 10.1. The van der Waals surface area contributed by atoms with Crippen LogP contribution in [0.5, 0.6) is 0 Å². The van der Waals surface area contributed by atoms with Crippen LogP contribution in [0.4, 0.5) is 11.4 Å². The minimum Gasteiger partial charge on any atom is -0.480 e. The molecular weight excluding hydrogens is 400 g/mol. The Balaban J connectivity index is 1.85. The van der Waals surface area contributed by atoms with E-state index in [4.69, 9.17) is 9.47 Å². The molecule has 9 heteroatoms. The lowest BCUT2D eigenvalue weighted by molar-refractivity contribution is -0.140. The van der Waals surface area contributed by atoms with Crippen molar-refractivity contribution < 1.29 is 19.4 Å². The molecule has 31 heavy (non-hydrogen) atoms. The standard InChI is InChI=1S/C22H30N4O5/c1-14-9-16(12-25(2)21(14)27)20-24-17-10-15(11-23-18(13-31-4)22(28)29)5-6-19(17)26(20)7-8-30-3/h5-6,9-10,12,18,20,23-24H,7-8,11,13H2,1-4H3,(H,28,29). The van der Waals surface area contributed by atoms with Crippen LogP contribution in [0.25, 0.3) is 0 Å². The number of nitrogens with zero attached hydrogens (tertiary/aromatic N) is 2. The molecule has 2 heterocycles. The van der Waals surface area contributed by atoms with E-state index in [2.05, 4.69) is 15.5 Å². The normalized spacial score (nSPS) is 16.1. The van der Waals surface area contributed by atoms with Crippen molar-refractivity contribution in [3.63, 3.8) is 0 Å². The van der Waals surface area contributed by atoms with E-state index in [0.29, 0.717) is 25.3 Å². The predicted octanol–water partition coefficient (Wildman–Crippen LogP) is 1.46. The molecular formula is C22H30N4O5. The third kappa shape index (κ3) is 5.07. The minimum absolute atomic E-state index is 0.0138. The van der Waals surface area contributed by atoms with Gasteiger partial charge in [0.1, 0.15) is 12.2 Å². The second-order valence-electron chi connectivity index (χ2n) is 7.68. The van der Waals surface area contributed by atoms with Gasteiger partial charge in [0.2, 0.25) is 0 Å². The average molecular weight is 431 g/mol. The molecule has 2 unspecified atom stereocenters. The second kappa shape index (κ2) is 9.95. The van der Waals surface area contributed by atoms with Crippen LogP contribution in [0.3, 0.4) is 0 Å². The van der Waals surface area contributed by atoms with Crippen LogP contribution < -0.4 is 21.1 Å². The van der Waals surface area contributed by atoms with Crippen molar-refractivity contribution in [2.45, 2.75) is 25.7 Å². The third-order valence-corrected chi connectivity index (χ3v) is 5.39. The van der Waals surface area contributed by atoms with Gasteiger partial charge in [0, 0.05) is 51.7 Å². The van der Waals surface area contributed by atoms with Crippen molar-refractivity contribution in [1.29, 1.82) is 0 Å². The number of hydrogen-bond acceptors (Lipinski definition) is 7. The zero-order valence-electron chi connectivity index (χ0n) is 18.3. The van der Waals surface area contributed by atoms with Crippen molar-refractivity contribution in [2.24, 2.45) is 7.05 Å². The lowest BCUT2D eigenvalue weighted by atomic mass is 10.1. The number of aromatic nitrogens is 1. The van der Waals surface area contributed by atoms with Crippen molar-refractivity contribution in [3.8, 4) is 0 Å². The van der Waals surface area contributed by atoms with Gasteiger partial charge in [-0.25, -0.2) is 0 Å². The smallest absolute Gasteiger partial charge is 0.323 e. The van der Waals surface area contributed by atoms with Gasteiger partial charge in [-0.2, -0.15) is 0 Å². The summed E-state index contributed by atoms with van der Waals surface area (Å²) < 4.78 is 11.9. The van der Waals surface area contributed by atoms with E-state index in [9.17, 15) is 14.7 Å². The number of carboxylic acids is 1. The van der Waals surface area contributed by atoms with Crippen molar-refractivity contribution in [2.75, 3.05) is 44.2 Å². The maximum Gasteiger partial charge on any atom is 0.323 e. The number of rotatable bonds is 10. The summed E-state index contributed by atoms with van der Waals surface area (Å²) in [6.07, 6.45) is 1.71. The minimum atomic E-state index is -0.947. The predicted molar refractivity (Wildman–Crippen MR) is 119 cm³/mol. The fourth-order valence-electron chi connectivity index (χ4n) is 3.81. The summed E-state index contributed by atoms with van der Waals surface area (Å²) in [5.41, 5.74) is 4.59. The Labute approximate surface area is 181 Å². The SMILES string of the molecule is COCCN1c2ccc(CNC(COC)C(=O)O)cc2NC1c1cc(C)c(=O)n(C)c1.